The fraction of sp³-hybridized carbons (Fsp3) is 0.875. The first-order valence-corrected chi connectivity index (χ1v) is 10.2. The fourth-order valence-corrected chi connectivity index (χ4v) is 1.86. The van der Waals surface area contributed by atoms with Gasteiger partial charge in [-0.2, -0.15) is 0 Å². The lowest BCUT2D eigenvalue weighted by Crippen LogP contribution is -3.11. The summed E-state index contributed by atoms with van der Waals surface area (Å²) in [5.74, 6) is -2.01. The van der Waals surface area contributed by atoms with Crippen LogP contribution in [0.25, 0.3) is 0 Å². The Kier molecular flexibility index (Phi) is 15.8. The third-order valence-electron chi connectivity index (χ3n) is 3.27. The zero-order valence-electron chi connectivity index (χ0n) is 16.9. The Hall–Kier alpha value is -0.990. The van der Waals surface area contributed by atoms with Crippen molar-refractivity contribution in [3.63, 3.8) is 0 Å². The van der Waals surface area contributed by atoms with Gasteiger partial charge >= 0.3 is 11.9 Å². The van der Waals surface area contributed by atoms with Crippen molar-refractivity contribution in [2.24, 2.45) is 11.8 Å². The zero-order valence-corrected chi connectivity index (χ0v) is 17.8. The molecule has 0 saturated heterocycles. The molecule has 156 valence electrons. The standard InChI is InChI=1S/C10H19O8P.C6H15N/c1-7(2)9(11)15-5-17-19(13,14)18-6-16-10(12)8(3)4;1-4-7(5-2)6-3/h7-8H,5-6H2,1-4H3,(H,13,14);4-6H2,1-3H3. The molecule has 0 radical (unpaired) electrons. The number of ether oxygens (including phenoxy) is 2. The molecule has 0 rings (SSSR count). The maximum atomic E-state index is 11.1. The third-order valence-corrected chi connectivity index (χ3v) is 4.11. The van der Waals surface area contributed by atoms with Gasteiger partial charge in [0, 0.05) is 0 Å². The minimum atomic E-state index is -4.67. The normalized spacial score (nSPS) is 11.3. The highest BCUT2D eigenvalue weighted by Crippen LogP contribution is 2.37. The molecule has 0 aromatic rings. The van der Waals surface area contributed by atoms with Crippen molar-refractivity contribution in [3.05, 3.63) is 0 Å². The van der Waals surface area contributed by atoms with Crippen molar-refractivity contribution in [1.82, 2.24) is 0 Å². The van der Waals surface area contributed by atoms with Crippen LogP contribution in [-0.4, -0.2) is 45.2 Å². The molecule has 1 N–H and O–H groups in total. The third kappa shape index (κ3) is 15.3. The Morgan fingerprint density at radius 3 is 1.35 bits per heavy atom. The van der Waals surface area contributed by atoms with Crippen LogP contribution in [0, 0.1) is 11.8 Å². The molecule has 0 saturated carbocycles. The van der Waals surface area contributed by atoms with Gasteiger partial charge in [-0.1, -0.05) is 27.7 Å². The van der Waals surface area contributed by atoms with Crippen LogP contribution in [0.2, 0.25) is 0 Å². The first-order chi connectivity index (χ1) is 12.0. The zero-order chi connectivity index (χ0) is 20.8. The van der Waals surface area contributed by atoms with Crippen molar-refractivity contribution < 1.29 is 42.5 Å². The molecule has 0 aromatic carbocycles. The van der Waals surface area contributed by atoms with Gasteiger partial charge in [0.25, 0.3) is 7.82 Å². The van der Waals surface area contributed by atoms with Crippen LogP contribution in [0.1, 0.15) is 48.5 Å². The van der Waals surface area contributed by atoms with Crippen LogP contribution in [0.3, 0.4) is 0 Å². The van der Waals surface area contributed by atoms with Crippen LogP contribution in [0.5, 0.6) is 0 Å². The van der Waals surface area contributed by atoms with Crippen molar-refractivity contribution in [3.8, 4) is 0 Å². The highest BCUT2D eigenvalue weighted by atomic mass is 31.2. The highest BCUT2D eigenvalue weighted by molar-refractivity contribution is 7.45. The summed E-state index contributed by atoms with van der Waals surface area (Å²) in [6, 6.07) is 0. The summed E-state index contributed by atoms with van der Waals surface area (Å²) in [6.45, 7) is 15.3. The molecule has 0 aliphatic rings. The van der Waals surface area contributed by atoms with E-state index in [1.165, 1.54) is 19.6 Å². The summed E-state index contributed by atoms with van der Waals surface area (Å²) in [4.78, 5) is 34.8. The monoisotopic (exact) mass is 399 g/mol. The second-order valence-corrected chi connectivity index (χ2v) is 7.40. The Balaban J connectivity index is 0. The van der Waals surface area contributed by atoms with Crippen LogP contribution in [-0.2, 0) is 32.7 Å². The predicted octanol–water partition coefficient (Wildman–Crippen LogP) is 0.732. The van der Waals surface area contributed by atoms with E-state index in [9.17, 15) is 19.0 Å². The number of rotatable bonds is 11. The number of esters is 2. The number of nitrogens with one attached hydrogen (secondary N) is 1. The topological polar surface area (TPSA) is 116 Å². The lowest BCUT2D eigenvalue weighted by Gasteiger charge is -2.22. The minimum absolute atomic E-state index is 0.400. The molecule has 0 aliphatic heterocycles. The van der Waals surface area contributed by atoms with Crippen LogP contribution >= 0.6 is 7.82 Å². The van der Waals surface area contributed by atoms with E-state index in [0.29, 0.717) is 0 Å². The van der Waals surface area contributed by atoms with E-state index in [1.54, 1.807) is 32.6 Å². The van der Waals surface area contributed by atoms with Crippen LogP contribution in [0.15, 0.2) is 0 Å². The highest BCUT2D eigenvalue weighted by Gasteiger charge is 2.15. The molecule has 0 heterocycles. The van der Waals surface area contributed by atoms with Gasteiger partial charge in [0.05, 0.1) is 31.5 Å². The van der Waals surface area contributed by atoms with Crippen molar-refractivity contribution in [2.45, 2.75) is 48.5 Å². The molecule has 0 aromatic heterocycles. The molecule has 0 aliphatic carbocycles. The van der Waals surface area contributed by atoms with E-state index >= 15 is 0 Å². The van der Waals surface area contributed by atoms with Gasteiger partial charge in [-0.05, 0) is 20.8 Å². The van der Waals surface area contributed by atoms with Gasteiger partial charge in [0.2, 0.25) is 0 Å². The number of quaternary nitrogens is 1. The average Bonchev–Trinajstić information content (AvgIpc) is 2.56. The SMILES string of the molecule is CC(C)C(=O)OCOP(=O)([O-])OCOC(=O)C(C)C.CC[NH+](CC)CC. The molecule has 0 spiro atoms. The number of hydrogen-bond acceptors (Lipinski definition) is 8. The van der Waals surface area contributed by atoms with Gasteiger partial charge < -0.3 is 19.3 Å². The van der Waals surface area contributed by atoms with E-state index < -0.39 is 45.2 Å². The lowest BCUT2D eigenvalue weighted by atomic mass is 10.2. The molecular weight excluding hydrogens is 365 g/mol. The molecule has 0 amide bonds. The first kappa shape index (κ1) is 27.2. The molecule has 9 nitrogen and oxygen atoms in total. The van der Waals surface area contributed by atoms with E-state index in [4.69, 9.17) is 0 Å². The first-order valence-electron chi connectivity index (χ1n) is 8.77. The van der Waals surface area contributed by atoms with Gasteiger partial charge in [-0.3, -0.25) is 23.2 Å². The second kappa shape index (κ2) is 15.1. The van der Waals surface area contributed by atoms with E-state index in [2.05, 4.69) is 39.3 Å². The van der Waals surface area contributed by atoms with Gasteiger partial charge in [-0.15, -0.1) is 0 Å². The Labute approximate surface area is 156 Å². The van der Waals surface area contributed by atoms with Gasteiger partial charge in [0.15, 0.2) is 13.6 Å². The van der Waals surface area contributed by atoms with Crippen LogP contribution < -0.4 is 9.79 Å². The molecule has 26 heavy (non-hydrogen) atoms. The maximum absolute atomic E-state index is 11.1. The number of carbonyl (C=O) groups is 2. The van der Waals surface area contributed by atoms with Gasteiger partial charge in [0.1, 0.15) is 0 Å². The molecule has 0 bridgehead atoms. The van der Waals surface area contributed by atoms with Crippen molar-refractivity contribution in [1.29, 1.82) is 0 Å². The molecular formula is C16H34NO8P. The smallest absolute Gasteiger partial charge is 0.310 e. The summed E-state index contributed by atoms with van der Waals surface area (Å²) >= 11 is 0. The summed E-state index contributed by atoms with van der Waals surface area (Å²) < 4.78 is 28.6. The van der Waals surface area contributed by atoms with Crippen molar-refractivity contribution in [2.75, 3.05) is 33.2 Å². The fourth-order valence-electron chi connectivity index (χ4n) is 1.42. The number of phosphoric acid groups is 1. The van der Waals surface area contributed by atoms with Crippen molar-refractivity contribution >= 4 is 19.8 Å². The van der Waals surface area contributed by atoms with Crippen LogP contribution in [0.4, 0.5) is 0 Å². The summed E-state index contributed by atoms with van der Waals surface area (Å²) in [5.41, 5.74) is 0. The second-order valence-electron chi connectivity index (χ2n) is 5.99. The number of hydrogen-bond donors (Lipinski definition) is 1. The molecule has 10 heteroatoms. The number of carbonyl (C=O) groups excluding carboxylic acids is 2. The Morgan fingerprint density at radius 1 is 0.846 bits per heavy atom. The molecule has 0 unspecified atom stereocenters. The maximum Gasteiger partial charge on any atom is 0.310 e. The summed E-state index contributed by atoms with van der Waals surface area (Å²) in [5, 5.41) is 0. The quantitative estimate of drug-likeness (QED) is 0.307. The Morgan fingerprint density at radius 2 is 1.15 bits per heavy atom. The minimum Gasteiger partial charge on any atom is -0.756 e. The Bertz CT molecular complexity index is 402. The molecule has 0 atom stereocenters. The summed E-state index contributed by atoms with van der Waals surface area (Å²) in [6.07, 6.45) is 0. The van der Waals surface area contributed by atoms with E-state index in [0.717, 1.165) is 0 Å². The molecule has 0 fully saturated rings. The van der Waals surface area contributed by atoms with E-state index in [1.807, 2.05) is 0 Å². The lowest BCUT2D eigenvalue weighted by molar-refractivity contribution is -0.894. The average molecular weight is 399 g/mol. The number of phosphoric ester groups is 1. The summed E-state index contributed by atoms with van der Waals surface area (Å²) in [7, 11) is -4.67. The van der Waals surface area contributed by atoms with E-state index in [-0.39, 0.29) is 0 Å². The predicted molar refractivity (Wildman–Crippen MR) is 94.0 cm³/mol. The van der Waals surface area contributed by atoms with Gasteiger partial charge in [-0.25, -0.2) is 0 Å². The largest absolute Gasteiger partial charge is 0.756 e.